The molecular weight excluding hydrogens is 745 g/mol. The van der Waals surface area contributed by atoms with E-state index in [9.17, 15) is 0 Å². The summed E-state index contributed by atoms with van der Waals surface area (Å²) in [5.74, 6) is 0.685. The van der Waals surface area contributed by atoms with Gasteiger partial charge in [0.1, 0.15) is 22.3 Å². The van der Waals surface area contributed by atoms with Crippen molar-refractivity contribution in [1.29, 1.82) is 0 Å². The molecule has 0 atom stereocenters. The molecule has 1 aliphatic rings. The van der Waals surface area contributed by atoms with Crippen LogP contribution in [0, 0.1) is 0 Å². The maximum Gasteiger partial charge on any atom is 0.160 e. The first-order valence-corrected chi connectivity index (χ1v) is 20.9. The number of aliphatic imine (C=N–C) groups is 2. The minimum absolute atomic E-state index is 0.685. The van der Waals surface area contributed by atoms with E-state index in [-0.39, 0.29) is 0 Å². The zero-order valence-corrected chi connectivity index (χ0v) is 33.5. The molecule has 0 fully saturated rings. The number of furan rings is 2. The standard InChI is InChI=1S/C57H38N2O2/c1-35-25-32-49(40-27-26-37-15-5-6-16-38(37)33-40)58-57(59-56(35)48-21-12-24-52-55(48)46-19-9-10-22-50(46)60-52)45-31-30-43(41-17-7-8-18-42(41)45)44-20-11-23-51-54(44)47-29-28-39(34-53(47)61-51)36-13-3-2-4-14-36/h2-24,26-31,33-34H,25,32H2,1H3/b56-35-,58-49+,59-57-. The van der Waals surface area contributed by atoms with E-state index in [1.165, 1.54) is 21.9 Å². The highest BCUT2D eigenvalue weighted by Gasteiger charge is 2.22. The number of nitrogens with zero attached hydrogens (tertiary/aromatic N) is 2. The number of fused-ring (bicyclic) bond motifs is 8. The summed E-state index contributed by atoms with van der Waals surface area (Å²) < 4.78 is 13.0. The van der Waals surface area contributed by atoms with E-state index in [4.69, 9.17) is 18.8 Å². The van der Waals surface area contributed by atoms with Crippen LogP contribution in [0.1, 0.15) is 36.5 Å². The Balaban J connectivity index is 1.07. The Morgan fingerprint density at radius 2 is 1.00 bits per heavy atom. The molecule has 0 bridgehead atoms. The zero-order chi connectivity index (χ0) is 40.4. The normalized spacial score (nSPS) is 16.5. The van der Waals surface area contributed by atoms with Crippen molar-refractivity contribution in [3.05, 3.63) is 210 Å². The fraction of sp³-hybridized carbons (Fsp3) is 0.0526. The molecule has 1 aliphatic heterocycles. The fourth-order valence-electron chi connectivity index (χ4n) is 9.38. The van der Waals surface area contributed by atoms with Crippen molar-refractivity contribution in [3.63, 3.8) is 0 Å². The molecule has 0 N–H and O–H groups in total. The van der Waals surface area contributed by atoms with Crippen LogP contribution in [0.3, 0.4) is 0 Å². The van der Waals surface area contributed by atoms with Crippen LogP contribution in [0.2, 0.25) is 0 Å². The fourth-order valence-corrected chi connectivity index (χ4v) is 9.38. The topological polar surface area (TPSA) is 51.0 Å². The molecule has 9 aromatic carbocycles. The molecule has 4 heteroatoms. The number of benzene rings is 9. The molecule has 0 unspecified atom stereocenters. The lowest BCUT2D eigenvalue weighted by Gasteiger charge is -2.18. The van der Waals surface area contributed by atoms with Crippen LogP contribution in [0.25, 0.3) is 93.4 Å². The Bertz CT molecular complexity index is 3660. The first-order chi connectivity index (χ1) is 30.1. The Morgan fingerprint density at radius 1 is 0.377 bits per heavy atom. The van der Waals surface area contributed by atoms with Crippen LogP contribution in [-0.4, -0.2) is 11.5 Å². The average molecular weight is 783 g/mol. The van der Waals surface area contributed by atoms with Crippen LogP contribution < -0.4 is 0 Å². The predicted molar refractivity (Wildman–Crippen MR) is 255 cm³/mol. The van der Waals surface area contributed by atoms with Gasteiger partial charge in [0.2, 0.25) is 0 Å². The van der Waals surface area contributed by atoms with Gasteiger partial charge in [-0.3, -0.25) is 0 Å². The van der Waals surface area contributed by atoms with Gasteiger partial charge in [0.05, 0.1) is 11.4 Å². The Morgan fingerprint density at radius 3 is 1.84 bits per heavy atom. The lowest BCUT2D eigenvalue weighted by atomic mass is 9.91. The summed E-state index contributed by atoms with van der Waals surface area (Å²) in [7, 11) is 0. The van der Waals surface area contributed by atoms with Gasteiger partial charge in [-0.15, -0.1) is 0 Å². The van der Waals surface area contributed by atoms with Crippen molar-refractivity contribution in [2.24, 2.45) is 9.98 Å². The van der Waals surface area contributed by atoms with Crippen molar-refractivity contribution in [2.45, 2.75) is 19.8 Å². The molecule has 0 radical (unpaired) electrons. The van der Waals surface area contributed by atoms with E-state index in [1.807, 2.05) is 18.2 Å². The van der Waals surface area contributed by atoms with Gasteiger partial charge in [0.25, 0.3) is 0 Å². The highest BCUT2D eigenvalue weighted by atomic mass is 16.3. The molecule has 3 heterocycles. The third-order valence-corrected chi connectivity index (χ3v) is 12.4. The summed E-state index contributed by atoms with van der Waals surface area (Å²) in [5.41, 5.74) is 14.3. The van der Waals surface area contributed by atoms with Gasteiger partial charge in [0, 0.05) is 32.7 Å². The second-order valence-corrected chi connectivity index (χ2v) is 16.0. The lowest BCUT2D eigenvalue weighted by molar-refractivity contribution is 0.668. The molecule has 288 valence electrons. The number of rotatable bonds is 5. The lowest BCUT2D eigenvalue weighted by Crippen LogP contribution is -2.11. The first-order valence-electron chi connectivity index (χ1n) is 20.9. The Labute approximate surface area is 352 Å². The third kappa shape index (κ3) is 5.90. The molecule has 11 aromatic rings. The largest absolute Gasteiger partial charge is 0.456 e. The molecule has 0 spiro atoms. The maximum absolute atomic E-state index is 6.58. The van der Waals surface area contributed by atoms with Crippen molar-refractivity contribution in [3.8, 4) is 22.3 Å². The summed E-state index contributed by atoms with van der Waals surface area (Å²) in [5, 5.41) is 8.98. The van der Waals surface area contributed by atoms with Gasteiger partial charge in [-0.2, -0.15) is 0 Å². The average Bonchev–Trinajstić information content (AvgIpc) is 3.89. The quantitative estimate of drug-likeness (QED) is 0.175. The molecular formula is C57H38N2O2. The van der Waals surface area contributed by atoms with Crippen LogP contribution in [0.15, 0.2) is 212 Å². The number of amidine groups is 1. The highest BCUT2D eigenvalue weighted by Crippen LogP contribution is 2.42. The molecule has 2 aromatic heterocycles. The van der Waals surface area contributed by atoms with Crippen molar-refractivity contribution in [1.82, 2.24) is 0 Å². The van der Waals surface area contributed by atoms with E-state index < -0.39 is 0 Å². The number of hydrogen-bond acceptors (Lipinski definition) is 4. The summed E-state index contributed by atoms with van der Waals surface area (Å²) in [6.07, 6.45) is 1.59. The van der Waals surface area contributed by atoms with Gasteiger partial charge in [-0.05, 0) is 117 Å². The number of hydrogen-bond donors (Lipinski definition) is 0. The molecule has 0 aliphatic carbocycles. The molecule has 61 heavy (non-hydrogen) atoms. The van der Waals surface area contributed by atoms with E-state index >= 15 is 0 Å². The molecule has 12 rings (SSSR count). The SMILES string of the molecule is C/C1=C(c2cccc3oc4ccccc4c23)/N=C(c2ccc(-c3cccc4oc5cc(-c6ccccc6)ccc5c34)c3ccccc23)\N=C(\c2ccc3ccccc3c2)CC1. The van der Waals surface area contributed by atoms with Gasteiger partial charge >= 0.3 is 0 Å². The summed E-state index contributed by atoms with van der Waals surface area (Å²) in [6, 6.07) is 66.3. The second kappa shape index (κ2) is 14.2. The van der Waals surface area contributed by atoms with Crippen molar-refractivity contribution < 1.29 is 8.83 Å². The molecule has 0 amide bonds. The third-order valence-electron chi connectivity index (χ3n) is 12.4. The van der Waals surface area contributed by atoms with Crippen LogP contribution in [0.5, 0.6) is 0 Å². The van der Waals surface area contributed by atoms with E-state index in [2.05, 4.69) is 177 Å². The Kier molecular flexibility index (Phi) is 8.17. The van der Waals surface area contributed by atoms with Gasteiger partial charge in [0.15, 0.2) is 5.84 Å². The molecule has 0 saturated carbocycles. The first kappa shape index (κ1) is 35.2. The minimum Gasteiger partial charge on any atom is -0.456 e. The van der Waals surface area contributed by atoms with E-state index in [0.717, 1.165) is 112 Å². The Hall–Kier alpha value is -7.82. The van der Waals surface area contributed by atoms with Crippen molar-refractivity contribution >= 4 is 82.7 Å². The summed E-state index contributed by atoms with van der Waals surface area (Å²) in [4.78, 5) is 11.2. The van der Waals surface area contributed by atoms with Crippen LogP contribution in [0.4, 0.5) is 0 Å². The predicted octanol–water partition coefficient (Wildman–Crippen LogP) is 15.6. The van der Waals surface area contributed by atoms with Gasteiger partial charge in [-0.25, -0.2) is 9.98 Å². The van der Waals surface area contributed by atoms with E-state index in [0.29, 0.717) is 5.84 Å². The summed E-state index contributed by atoms with van der Waals surface area (Å²) >= 11 is 0. The monoisotopic (exact) mass is 782 g/mol. The number of para-hydroxylation sites is 1. The number of allylic oxidation sites excluding steroid dienone is 1. The molecule has 4 nitrogen and oxygen atoms in total. The maximum atomic E-state index is 6.58. The summed E-state index contributed by atoms with van der Waals surface area (Å²) in [6.45, 7) is 2.22. The molecule has 0 saturated heterocycles. The highest BCUT2D eigenvalue weighted by molar-refractivity contribution is 6.22. The minimum atomic E-state index is 0.685. The van der Waals surface area contributed by atoms with Gasteiger partial charge in [-0.1, -0.05) is 146 Å². The van der Waals surface area contributed by atoms with Crippen LogP contribution >= 0.6 is 0 Å². The van der Waals surface area contributed by atoms with E-state index in [1.54, 1.807) is 0 Å². The zero-order valence-electron chi connectivity index (χ0n) is 33.5. The smallest absolute Gasteiger partial charge is 0.160 e. The second-order valence-electron chi connectivity index (χ2n) is 16.0. The van der Waals surface area contributed by atoms with Crippen molar-refractivity contribution in [2.75, 3.05) is 0 Å². The van der Waals surface area contributed by atoms with Gasteiger partial charge < -0.3 is 8.83 Å². The van der Waals surface area contributed by atoms with Crippen LogP contribution in [-0.2, 0) is 0 Å².